The van der Waals surface area contributed by atoms with E-state index >= 15 is 0 Å². The lowest BCUT2D eigenvalue weighted by molar-refractivity contribution is 0.138. The standard InChI is InChI=1S/C15H14NO2/c1-2-5-12(6-3-1)14-7-4-8-15(16-14)18-13-9-10-17-11-13/h1-3,5-8,13H,9-11H2. The SMILES string of the molecule is [c]1cc(OC2CCOC2)nc(-c2ccccc2)c1. The van der Waals surface area contributed by atoms with Crippen molar-refractivity contribution in [3.63, 3.8) is 0 Å². The van der Waals surface area contributed by atoms with Crippen molar-refractivity contribution in [3.8, 4) is 17.1 Å². The largest absolute Gasteiger partial charge is 0.472 e. The second-order valence-electron chi connectivity index (χ2n) is 4.26. The Kier molecular flexibility index (Phi) is 3.24. The molecule has 0 spiro atoms. The molecule has 1 atom stereocenters. The lowest BCUT2D eigenvalue weighted by Gasteiger charge is -2.11. The van der Waals surface area contributed by atoms with Crippen LogP contribution in [0.3, 0.4) is 0 Å². The third kappa shape index (κ3) is 2.51. The molecule has 1 saturated heterocycles. The average Bonchev–Trinajstić information content (AvgIpc) is 2.93. The molecule has 0 bridgehead atoms. The minimum atomic E-state index is 0.122. The molecule has 0 N–H and O–H groups in total. The molecule has 3 rings (SSSR count). The van der Waals surface area contributed by atoms with Crippen LogP contribution in [0.1, 0.15) is 6.42 Å². The molecule has 1 aromatic heterocycles. The first-order valence-electron chi connectivity index (χ1n) is 6.10. The topological polar surface area (TPSA) is 31.4 Å². The summed E-state index contributed by atoms with van der Waals surface area (Å²) < 4.78 is 11.1. The van der Waals surface area contributed by atoms with Crippen molar-refractivity contribution in [2.24, 2.45) is 0 Å². The van der Waals surface area contributed by atoms with Gasteiger partial charge < -0.3 is 9.47 Å². The molecule has 0 aliphatic carbocycles. The number of rotatable bonds is 3. The zero-order valence-corrected chi connectivity index (χ0v) is 10.0. The number of ether oxygens (including phenoxy) is 2. The molecule has 1 aliphatic rings. The zero-order valence-electron chi connectivity index (χ0n) is 10.0. The molecule has 2 heterocycles. The Hall–Kier alpha value is -1.87. The normalized spacial score (nSPS) is 18.8. The van der Waals surface area contributed by atoms with Gasteiger partial charge in [-0.15, -0.1) is 0 Å². The molecule has 1 aliphatic heterocycles. The fourth-order valence-electron chi connectivity index (χ4n) is 1.97. The van der Waals surface area contributed by atoms with Gasteiger partial charge in [-0.1, -0.05) is 30.3 Å². The van der Waals surface area contributed by atoms with E-state index in [0.717, 1.165) is 24.3 Å². The number of benzene rings is 1. The quantitative estimate of drug-likeness (QED) is 0.826. The highest BCUT2D eigenvalue weighted by Crippen LogP contribution is 2.20. The van der Waals surface area contributed by atoms with Crippen molar-refractivity contribution in [2.45, 2.75) is 12.5 Å². The molecule has 18 heavy (non-hydrogen) atoms. The number of aromatic nitrogens is 1. The molecule has 3 nitrogen and oxygen atoms in total. The van der Waals surface area contributed by atoms with Crippen LogP contribution >= 0.6 is 0 Å². The fourth-order valence-corrected chi connectivity index (χ4v) is 1.97. The Bertz CT molecular complexity index is 507. The molecular weight excluding hydrogens is 226 g/mol. The summed E-state index contributed by atoms with van der Waals surface area (Å²) in [5.74, 6) is 0.617. The fraction of sp³-hybridized carbons (Fsp3) is 0.267. The second-order valence-corrected chi connectivity index (χ2v) is 4.26. The van der Waals surface area contributed by atoms with E-state index in [1.807, 2.05) is 36.4 Å². The van der Waals surface area contributed by atoms with Crippen molar-refractivity contribution in [2.75, 3.05) is 13.2 Å². The Balaban J connectivity index is 1.80. The van der Waals surface area contributed by atoms with Crippen LogP contribution in [0.4, 0.5) is 0 Å². The van der Waals surface area contributed by atoms with Gasteiger partial charge in [0.2, 0.25) is 5.88 Å². The summed E-state index contributed by atoms with van der Waals surface area (Å²) in [6, 6.07) is 16.7. The second kappa shape index (κ2) is 5.19. The van der Waals surface area contributed by atoms with Gasteiger partial charge in [-0.2, -0.15) is 0 Å². The van der Waals surface area contributed by atoms with Crippen molar-refractivity contribution < 1.29 is 9.47 Å². The maximum Gasteiger partial charge on any atom is 0.214 e. The van der Waals surface area contributed by atoms with E-state index in [9.17, 15) is 0 Å². The highest BCUT2D eigenvalue weighted by molar-refractivity contribution is 5.58. The molecule has 91 valence electrons. The van der Waals surface area contributed by atoms with Crippen LogP contribution in [0, 0.1) is 6.07 Å². The van der Waals surface area contributed by atoms with E-state index in [1.165, 1.54) is 0 Å². The molecule has 1 radical (unpaired) electrons. The lowest BCUT2D eigenvalue weighted by Crippen LogP contribution is -2.16. The Morgan fingerprint density at radius 3 is 2.89 bits per heavy atom. The Labute approximate surface area is 106 Å². The van der Waals surface area contributed by atoms with E-state index in [-0.39, 0.29) is 6.10 Å². The van der Waals surface area contributed by atoms with Crippen LogP contribution in [0.2, 0.25) is 0 Å². The molecule has 1 fully saturated rings. The van der Waals surface area contributed by atoms with Crippen LogP contribution < -0.4 is 4.74 Å². The van der Waals surface area contributed by atoms with E-state index < -0.39 is 0 Å². The predicted octanol–water partition coefficient (Wildman–Crippen LogP) is 2.72. The van der Waals surface area contributed by atoms with Gasteiger partial charge >= 0.3 is 0 Å². The van der Waals surface area contributed by atoms with Crippen LogP contribution in [-0.2, 0) is 4.74 Å². The minimum absolute atomic E-state index is 0.122. The monoisotopic (exact) mass is 240 g/mol. The van der Waals surface area contributed by atoms with Gasteiger partial charge in [-0.05, 0) is 12.1 Å². The molecule has 1 unspecified atom stereocenters. The van der Waals surface area contributed by atoms with Crippen LogP contribution in [0.25, 0.3) is 11.3 Å². The summed E-state index contributed by atoms with van der Waals surface area (Å²) in [6.45, 7) is 1.42. The minimum Gasteiger partial charge on any atom is -0.472 e. The van der Waals surface area contributed by atoms with Crippen molar-refractivity contribution >= 4 is 0 Å². The predicted molar refractivity (Wildman–Crippen MR) is 68.4 cm³/mol. The smallest absolute Gasteiger partial charge is 0.214 e. The average molecular weight is 240 g/mol. The van der Waals surface area contributed by atoms with Gasteiger partial charge in [-0.3, -0.25) is 0 Å². The van der Waals surface area contributed by atoms with Gasteiger partial charge in [0.25, 0.3) is 0 Å². The summed E-state index contributed by atoms with van der Waals surface area (Å²) in [6.07, 6.45) is 1.05. The number of hydrogen-bond donors (Lipinski definition) is 0. The summed E-state index contributed by atoms with van der Waals surface area (Å²) in [5, 5.41) is 0. The first-order chi connectivity index (χ1) is 8.92. The Morgan fingerprint density at radius 2 is 2.11 bits per heavy atom. The van der Waals surface area contributed by atoms with Crippen molar-refractivity contribution in [3.05, 3.63) is 48.5 Å². The van der Waals surface area contributed by atoms with E-state index in [1.54, 1.807) is 6.07 Å². The molecular formula is C15H14NO2. The molecule has 1 aromatic carbocycles. The van der Waals surface area contributed by atoms with Crippen LogP contribution in [0.5, 0.6) is 5.88 Å². The number of nitrogens with zero attached hydrogens (tertiary/aromatic N) is 1. The first-order valence-corrected chi connectivity index (χ1v) is 6.10. The van der Waals surface area contributed by atoms with Crippen molar-refractivity contribution in [1.82, 2.24) is 4.98 Å². The third-order valence-electron chi connectivity index (χ3n) is 2.90. The molecule has 3 heteroatoms. The third-order valence-corrected chi connectivity index (χ3v) is 2.90. The lowest BCUT2D eigenvalue weighted by atomic mass is 10.1. The maximum absolute atomic E-state index is 5.77. The molecule has 0 saturated carbocycles. The number of pyridine rings is 1. The van der Waals surface area contributed by atoms with Gasteiger partial charge in [0, 0.05) is 18.1 Å². The number of hydrogen-bond acceptors (Lipinski definition) is 3. The van der Waals surface area contributed by atoms with Crippen LogP contribution in [-0.4, -0.2) is 24.3 Å². The molecule has 0 amide bonds. The summed E-state index contributed by atoms with van der Waals surface area (Å²) in [5.41, 5.74) is 1.95. The van der Waals surface area contributed by atoms with Gasteiger partial charge in [0.05, 0.1) is 18.9 Å². The van der Waals surface area contributed by atoms with E-state index in [0.29, 0.717) is 12.5 Å². The van der Waals surface area contributed by atoms with Crippen molar-refractivity contribution in [1.29, 1.82) is 0 Å². The molecule has 2 aromatic rings. The van der Waals surface area contributed by atoms with Gasteiger partial charge in [0.1, 0.15) is 6.10 Å². The Morgan fingerprint density at radius 1 is 1.22 bits per heavy atom. The van der Waals surface area contributed by atoms with E-state index in [4.69, 9.17) is 9.47 Å². The van der Waals surface area contributed by atoms with Crippen LogP contribution in [0.15, 0.2) is 42.5 Å². The van der Waals surface area contributed by atoms with Gasteiger partial charge in [-0.25, -0.2) is 4.98 Å². The summed E-state index contributed by atoms with van der Waals surface area (Å²) >= 11 is 0. The summed E-state index contributed by atoms with van der Waals surface area (Å²) in [7, 11) is 0. The highest BCUT2D eigenvalue weighted by Gasteiger charge is 2.17. The first kappa shape index (κ1) is 11.2. The van der Waals surface area contributed by atoms with E-state index in [2.05, 4.69) is 11.1 Å². The van der Waals surface area contributed by atoms with Gasteiger partial charge in [0.15, 0.2) is 0 Å². The maximum atomic E-state index is 5.77. The zero-order chi connectivity index (χ0) is 12.2. The highest BCUT2D eigenvalue weighted by atomic mass is 16.5. The summed E-state index contributed by atoms with van der Waals surface area (Å²) in [4.78, 5) is 4.50.